The zero-order valence-electron chi connectivity index (χ0n) is 11.6. The number of rotatable bonds is 0. The van der Waals surface area contributed by atoms with E-state index in [1.807, 2.05) is 19.1 Å². The van der Waals surface area contributed by atoms with Crippen molar-refractivity contribution < 1.29 is 13.2 Å². The third kappa shape index (κ3) is 1.82. The van der Waals surface area contributed by atoms with Crippen LogP contribution in [0, 0.1) is 6.92 Å². The third-order valence-corrected chi connectivity index (χ3v) is 7.70. The number of hydrogen-bond donors (Lipinski definition) is 0. The SMILES string of the molecule is Cc1ccc2c(c1)[Si](C)(C)c1ccc(C(F)(F)F)cc1-2. The monoisotopic (exact) mass is 292 g/mol. The maximum atomic E-state index is 12.9. The number of hydrogen-bond acceptors (Lipinski definition) is 0. The quantitative estimate of drug-likeness (QED) is 0.648. The highest BCUT2D eigenvalue weighted by atomic mass is 28.3. The molecule has 0 bridgehead atoms. The molecule has 0 saturated heterocycles. The van der Waals surface area contributed by atoms with Gasteiger partial charge in [0.15, 0.2) is 0 Å². The van der Waals surface area contributed by atoms with Gasteiger partial charge >= 0.3 is 6.18 Å². The molecule has 0 fully saturated rings. The molecule has 2 aromatic rings. The van der Waals surface area contributed by atoms with Crippen molar-refractivity contribution in [2.24, 2.45) is 0 Å². The van der Waals surface area contributed by atoms with E-state index in [1.165, 1.54) is 17.3 Å². The Kier molecular flexibility index (Phi) is 2.67. The minimum absolute atomic E-state index is 0.561. The van der Waals surface area contributed by atoms with E-state index in [0.717, 1.165) is 21.9 Å². The van der Waals surface area contributed by atoms with E-state index < -0.39 is 19.8 Å². The molecule has 0 aliphatic carbocycles. The molecule has 0 saturated carbocycles. The molecular formula is C16H15F3Si. The number of fused-ring (bicyclic) bond motifs is 3. The molecule has 0 amide bonds. The molecule has 0 atom stereocenters. The lowest BCUT2D eigenvalue weighted by Crippen LogP contribution is -2.49. The van der Waals surface area contributed by atoms with Gasteiger partial charge in [0.1, 0.15) is 8.07 Å². The van der Waals surface area contributed by atoms with E-state index in [2.05, 4.69) is 19.2 Å². The number of halogens is 3. The minimum atomic E-state index is -4.28. The van der Waals surface area contributed by atoms with Crippen LogP contribution in [0.2, 0.25) is 13.1 Å². The number of aryl methyl sites for hydroxylation is 1. The molecule has 0 radical (unpaired) electrons. The summed E-state index contributed by atoms with van der Waals surface area (Å²) in [5.41, 5.74) is 2.35. The highest BCUT2D eigenvalue weighted by Gasteiger charge is 2.39. The first-order valence-corrected chi connectivity index (χ1v) is 9.54. The van der Waals surface area contributed by atoms with Crippen molar-refractivity contribution in [3.63, 3.8) is 0 Å². The lowest BCUT2D eigenvalue weighted by atomic mass is 10.0. The summed E-state index contributed by atoms with van der Waals surface area (Å²) in [7, 11) is -1.86. The van der Waals surface area contributed by atoms with Crippen LogP contribution in [0.3, 0.4) is 0 Å². The van der Waals surface area contributed by atoms with Gasteiger partial charge in [-0.15, -0.1) is 0 Å². The van der Waals surface area contributed by atoms with Gasteiger partial charge in [0.25, 0.3) is 0 Å². The van der Waals surface area contributed by atoms with E-state index >= 15 is 0 Å². The molecule has 0 aromatic heterocycles. The van der Waals surface area contributed by atoms with Crippen molar-refractivity contribution in [2.45, 2.75) is 26.2 Å². The van der Waals surface area contributed by atoms with E-state index in [1.54, 1.807) is 6.07 Å². The van der Waals surface area contributed by atoms with Crippen molar-refractivity contribution in [3.8, 4) is 11.1 Å². The highest BCUT2D eigenvalue weighted by molar-refractivity contribution is 7.03. The van der Waals surface area contributed by atoms with E-state index in [4.69, 9.17) is 0 Å². The first-order valence-electron chi connectivity index (χ1n) is 6.54. The van der Waals surface area contributed by atoms with Gasteiger partial charge in [-0.3, -0.25) is 0 Å². The van der Waals surface area contributed by atoms with E-state index in [-0.39, 0.29) is 0 Å². The van der Waals surface area contributed by atoms with Crippen molar-refractivity contribution in [2.75, 3.05) is 0 Å². The van der Waals surface area contributed by atoms with E-state index in [9.17, 15) is 13.2 Å². The van der Waals surface area contributed by atoms with Gasteiger partial charge in [0, 0.05) is 0 Å². The molecule has 0 nitrogen and oxygen atoms in total. The number of benzene rings is 2. The second-order valence-corrected chi connectivity index (χ2v) is 10.3. The number of alkyl halides is 3. The Balaban J connectivity index is 2.29. The summed E-state index contributed by atoms with van der Waals surface area (Å²) >= 11 is 0. The zero-order valence-corrected chi connectivity index (χ0v) is 12.6. The van der Waals surface area contributed by atoms with E-state index in [0.29, 0.717) is 0 Å². The van der Waals surface area contributed by atoms with Crippen LogP contribution in [-0.4, -0.2) is 8.07 Å². The predicted octanol–water partition coefficient (Wildman–Crippen LogP) is 3.82. The van der Waals surface area contributed by atoms with Crippen LogP contribution < -0.4 is 10.4 Å². The fourth-order valence-electron chi connectivity index (χ4n) is 3.04. The van der Waals surface area contributed by atoms with Crippen LogP contribution in [0.4, 0.5) is 13.2 Å². The van der Waals surface area contributed by atoms with Crippen LogP contribution >= 0.6 is 0 Å². The Hall–Kier alpha value is -1.55. The summed E-state index contributed by atoms with van der Waals surface area (Å²) in [6, 6.07) is 10.3. The van der Waals surface area contributed by atoms with Crippen LogP contribution in [0.15, 0.2) is 36.4 Å². The average Bonchev–Trinajstić information content (AvgIpc) is 2.57. The molecule has 0 N–H and O–H groups in total. The average molecular weight is 292 g/mol. The first kappa shape index (κ1) is 13.4. The molecule has 1 heterocycles. The summed E-state index contributed by atoms with van der Waals surface area (Å²) < 4.78 is 38.7. The lowest BCUT2D eigenvalue weighted by Gasteiger charge is -2.19. The Morgan fingerprint density at radius 1 is 0.850 bits per heavy atom. The van der Waals surface area contributed by atoms with Crippen molar-refractivity contribution in [1.29, 1.82) is 0 Å². The van der Waals surface area contributed by atoms with Crippen molar-refractivity contribution in [1.82, 2.24) is 0 Å². The van der Waals surface area contributed by atoms with Gasteiger partial charge < -0.3 is 0 Å². The van der Waals surface area contributed by atoms with Gasteiger partial charge in [-0.25, -0.2) is 0 Å². The summed E-state index contributed by atoms with van der Waals surface area (Å²) in [4.78, 5) is 0. The highest BCUT2D eigenvalue weighted by Crippen LogP contribution is 2.35. The second-order valence-electron chi connectivity index (χ2n) is 5.93. The fourth-order valence-corrected chi connectivity index (χ4v) is 6.19. The Morgan fingerprint density at radius 2 is 1.55 bits per heavy atom. The van der Waals surface area contributed by atoms with Gasteiger partial charge in [-0.1, -0.05) is 49.0 Å². The minimum Gasteiger partial charge on any atom is -0.166 e. The maximum Gasteiger partial charge on any atom is 0.416 e. The van der Waals surface area contributed by atoms with Crippen LogP contribution in [0.25, 0.3) is 11.1 Å². The van der Waals surface area contributed by atoms with Crippen molar-refractivity contribution >= 4 is 18.4 Å². The predicted molar refractivity (Wildman–Crippen MR) is 78.4 cm³/mol. The normalized spacial score (nSPS) is 15.9. The molecule has 1 aliphatic heterocycles. The van der Waals surface area contributed by atoms with Crippen LogP contribution in [0.5, 0.6) is 0 Å². The summed E-state index contributed by atoms with van der Waals surface area (Å²) in [6.07, 6.45) is -4.28. The van der Waals surface area contributed by atoms with Gasteiger partial charge in [-0.2, -0.15) is 13.2 Å². The maximum absolute atomic E-state index is 12.9. The molecule has 0 spiro atoms. The molecule has 104 valence electrons. The second kappa shape index (κ2) is 3.98. The Bertz CT molecular complexity index is 699. The molecule has 4 heteroatoms. The Labute approximate surface area is 117 Å². The smallest absolute Gasteiger partial charge is 0.166 e. The first-order chi connectivity index (χ1) is 9.21. The molecule has 3 rings (SSSR count). The van der Waals surface area contributed by atoms with Crippen LogP contribution in [0.1, 0.15) is 11.1 Å². The van der Waals surface area contributed by atoms with Crippen LogP contribution in [-0.2, 0) is 6.18 Å². The zero-order chi connectivity index (χ0) is 14.7. The molecule has 1 aliphatic rings. The topological polar surface area (TPSA) is 0 Å². The lowest BCUT2D eigenvalue weighted by molar-refractivity contribution is -0.137. The Morgan fingerprint density at radius 3 is 2.20 bits per heavy atom. The fraction of sp³-hybridized carbons (Fsp3) is 0.250. The summed E-state index contributed by atoms with van der Waals surface area (Å²) in [5.74, 6) is 0. The van der Waals surface area contributed by atoms with Gasteiger partial charge in [0.2, 0.25) is 0 Å². The molecule has 2 aromatic carbocycles. The summed E-state index contributed by atoms with van der Waals surface area (Å²) in [6.45, 7) is 6.42. The van der Waals surface area contributed by atoms with Gasteiger partial charge in [0.05, 0.1) is 5.56 Å². The molecular weight excluding hydrogens is 277 g/mol. The molecule has 0 unspecified atom stereocenters. The standard InChI is InChI=1S/C16H15F3Si/c1-10-4-6-12-13-9-11(16(17,18)19)5-7-14(13)20(2,3)15(12)8-10/h4-9H,1-3H3. The van der Waals surface area contributed by atoms with Crippen molar-refractivity contribution in [3.05, 3.63) is 47.5 Å². The molecule has 20 heavy (non-hydrogen) atoms. The van der Waals surface area contributed by atoms with Gasteiger partial charge in [-0.05, 0) is 34.5 Å². The summed E-state index contributed by atoms with van der Waals surface area (Å²) in [5, 5.41) is 2.35. The third-order valence-electron chi connectivity index (χ3n) is 4.16. The largest absolute Gasteiger partial charge is 0.416 e.